The fourth-order valence-corrected chi connectivity index (χ4v) is 2.14. The molecular formula is C9H11N3OS. The van der Waals surface area contributed by atoms with Crippen LogP contribution < -0.4 is 0 Å². The SMILES string of the molecule is Cc1ccc(C(O)c2ncnn2C)s1. The van der Waals surface area contributed by atoms with Crippen LogP contribution in [-0.2, 0) is 7.05 Å². The minimum absolute atomic E-state index is 0.576. The molecule has 0 spiro atoms. The van der Waals surface area contributed by atoms with Crippen molar-refractivity contribution in [3.63, 3.8) is 0 Å². The smallest absolute Gasteiger partial charge is 0.160 e. The molecule has 1 N–H and O–H groups in total. The zero-order valence-electron chi connectivity index (χ0n) is 8.01. The first-order valence-electron chi connectivity index (χ1n) is 4.27. The summed E-state index contributed by atoms with van der Waals surface area (Å²) in [5.74, 6) is 0.576. The summed E-state index contributed by atoms with van der Waals surface area (Å²) >= 11 is 1.57. The normalized spacial score (nSPS) is 13.1. The molecule has 2 aromatic heterocycles. The Bertz CT molecular complexity index is 435. The summed E-state index contributed by atoms with van der Waals surface area (Å²) in [6.07, 6.45) is 0.778. The molecule has 0 radical (unpaired) electrons. The van der Waals surface area contributed by atoms with Gasteiger partial charge in [0.15, 0.2) is 5.82 Å². The maximum absolute atomic E-state index is 9.96. The second-order valence-corrected chi connectivity index (χ2v) is 4.41. The fraction of sp³-hybridized carbons (Fsp3) is 0.333. The van der Waals surface area contributed by atoms with E-state index in [1.54, 1.807) is 23.1 Å². The largest absolute Gasteiger partial charge is 0.379 e. The topological polar surface area (TPSA) is 50.9 Å². The Labute approximate surface area is 85.8 Å². The van der Waals surface area contributed by atoms with Gasteiger partial charge in [-0.05, 0) is 19.1 Å². The van der Waals surface area contributed by atoms with Crippen LogP contribution in [0.4, 0.5) is 0 Å². The Morgan fingerprint density at radius 1 is 1.50 bits per heavy atom. The molecule has 0 bridgehead atoms. The predicted molar refractivity (Wildman–Crippen MR) is 54.1 cm³/mol. The Morgan fingerprint density at radius 3 is 2.79 bits per heavy atom. The first-order valence-corrected chi connectivity index (χ1v) is 5.08. The van der Waals surface area contributed by atoms with Crippen molar-refractivity contribution in [3.8, 4) is 0 Å². The van der Waals surface area contributed by atoms with Crippen LogP contribution in [0.25, 0.3) is 0 Å². The molecule has 0 fully saturated rings. The van der Waals surface area contributed by atoms with Gasteiger partial charge in [-0.15, -0.1) is 11.3 Å². The Morgan fingerprint density at radius 2 is 2.29 bits per heavy atom. The summed E-state index contributed by atoms with van der Waals surface area (Å²) in [4.78, 5) is 6.09. The lowest BCUT2D eigenvalue weighted by atomic mass is 10.3. The van der Waals surface area contributed by atoms with Crippen molar-refractivity contribution in [2.24, 2.45) is 7.05 Å². The average molecular weight is 209 g/mol. The van der Waals surface area contributed by atoms with Gasteiger partial charge in [0.1, 0.15) is 12.4 Å². The van der Waals surface area contributed by atoms with E-state index in [2.05, 4.69) is 10.1 Å². The number of thiophene rings is 1. The number of aliphatic hydroxyl groups is 1. The molecule has 5 heteroatoms. The molecule has 1 unspecified atom stereocenters. The molecule has 4 nitrogen and oxygen atoms in total. The van der Waals surface area contributed by atoms with Crippen molar-refractivity contribution >= 4 is 11.3 Å². The van der Waals surface area contributed by atoms with Gasteiger partial charge in [-0.25, -0.2) is 4.98 Å². The van der Waals surface area contributed by atoms with Gasteiger partial charge < -0.3 is 5.11 Å². The maximum Gasteiger partial charge on any atom is 0.160 e. The molecule has 0 aliphatic carbocycles. The van der Waals surface area contributed by atoms with Crippen LogP contribution in [0.3, 0.4) is 0 Å². The standard InChI is InChI=1S/C9H11N3OS/c1-6-3-4-7(14-6)8(13)9-10-5-11-12(9)2/h3-5,8,13H,1-2H3. The predicted octanol–water partition coefficient (Wildman–Crippen LogP) is 1.27. The molecule has 0 saturated heterocycles. The number of hydrogen-bond donors (Lipinski definition) is 1. The minimum atomic E-state index is -0.666. The highest BCUT2D eigenvalue weighted by Crippen LogP contribution is 2.26. The molecule has 74 valence electrons. The van der Waals surface area contributed by atoms with Crippen LogP contribution in [0.5, 0.6) is 0 Å². The lowest BCUT2D eigenvalue weighted by Crippen LogP contribution is -2.06. The lowest BCUT2D eigenvalue weighted by Gasteiger charge is -2.06. The number of hydrogen-bond acceptors (Lipinski definition) is 4. The molecule has 2 aromatic rings. The molecule has 2 rings (SSSR count). The molecule has 0 aliphatic heterocycles. The molecular weight excluding hydrogens is 198 g/mol. The van der Waals surface area contributed by atoms with Crippen LogP contribution in [-0.4, -0.2) is 19.9 Å². The molecule has 2 heterocycles. The summed E-state index contributed by atoms with van der Waals surface area (Å²) in [6.45, 7) is 2.01. The first kappa shape index (κ1) is 9.36. The third-order valence-electron chi connectivity index (χ3n) is 2.02. The highest BCUT2D eigenvalue weighted by molar-refractivity contribution is 7.12. The molecule has 0 saturated carbocycles. The Balaban J connectivity index is 2.33. The number of nitrogens with zero attached hydrogens (tertiary/aromatic N) is 3. The Kier molecular flexibility index (Phi) is 2.35. The second-order valence-electron chi connectivity index (χ2n) is 3.09. The monoisotopic (exact) mass is 209 g/mol. The van der Waals surface area contributed by atoms with Crippen molar-refractivity contribution in [1.82, 2.24) is 14.8 Å². The van der Waals surface area contributed by atoms with Gasteiger partial charge in [0, 0.05) is 16.8 Å². The van der Waals surface area contributed by atoms with E-state index in [9.17, 15) is 5.11 Å². The van der Waals surface area contributed by atoms with Crippen molar-refractivity contribution in [2.75, 3.05) is 0 Å². The summed E-state index contributed by atoms with van der Waals surface area (Å²) in [6, 6.07) is 3.90. The zero-order chi connectivity index (χ0) is 10.1. The van der Waals surface area contributed by atoms with E-state index >= 15 is 0 Å². The van der Waals surface area contributed by atoms with Crippen LogP contribution in [0.1, 0.15) is 21.7 Å². The first-order chi connectivity index (χ1) is 6.68. The van der Waals surface area contributed by atoms with Gasteiger partial charge in [-0.2, -0.15) is 5.10 Å². The summed E-state index contributed by atoms with van der Waals surface area (Å²) in [5, 5.41) is 13.9. The van der Waals surface area contributed by atoms with Crippen molar-refractivity contribution < 1.29 is 5.11 Å². The quantitative estimate of drug-likeness (QED) is 0.810. The molecule has 0 amide bonds. The van der Waals surface area contributed by atoms with Crippen molar-refractivity contribution in [1.29, 1.82) is 0 Å². The van der Waals surface area contributed by atoms with E-state index in [1.807, 2.05) is 19.1 Å². The molecule has 0 aromatic carbocycles. The highest BCUT2D eigenvalue weighted by Gasteiger charge is 2.16. The van der Waals surface area contributed by atoms with Crippen LogP contribution in [0.15, 0.2) is 18.5 Å². The molecule has 14 heavy (non-hydrogen) atoms. The molecule has 1 atom stereocenters. The number of aliphatic hydroxyl groups excluding tert-OH is 1. The average Bonchev–Trinajstić information content (AvgIpc) is 2.73. The lowest BCUT2D eigenvalue weighted by molar-refractivity contribution is 0.208. The number of rotatable bonds is 2. The Hall–Kier alpha value is -1.20. The van der Waals surface area contributed by atoms with E-state index in [0.717, 1.165) is 4.88 Å². The zero-order valence-corrected chi connectivity index (χ0v) is 8.82. The van der Waals surface area contributed by atoms with E-state index < -0.39 is 6.10 Å². The van der Waals surface area contributed by atoms with Crippen molar-refractivity contribution in [2.45, 2.75) is 13.0 Å². The number of aryl methyl sites for hydroxylation is 2. The van der Waals surface area contributed by atoms with Gasteiger partial charge in [-0.1, -0.05) is 0 Å². The minimum Gasteiger partial charge on any atom is -0.379 e. The highest BCUT2D eigenvalue weighted by atomic mass is 32.1. The second kappa shape index (κ2) is 3.51. The van der Waals surface area contributed by atoms with Gasteiger partial charge >= 0.3 is 0 Å². The fourth-order valence-electron chi connectivity index (χ4n) is 1.28. The third-order valence-corrected chi connectivity index (χ3v) is 3.07. The van der Waals surface area contributed by atoms with Gasteiger partial charge in [0.2, 0.25) is 0 Å². The van der Waals surface area contributed by atoms with Gasteiger partial charge in [0.25, 0.3) is 0 Å². The summed E-state index contributed by atoms with van der Waals surface area (Å²) in [5.41, 5.74) is 0. The summed E-state index contributed by atoms with van der Waals surface area (Å²) in [7, 11) is 1.77. The van der Waals surface area contributed by atoms with E-state index in [0.29, 0.717) is 5.82 Å². The van der Waals surface area contributed by atoms with E-state index in [1.165, 1.54) is 11.2 Å². The van der Waals surface area contributed by atoms with Crippen LogP contribution >= 0.6 is 11.3 Å². The van der Waals surface area contributed by atoms with E-state index in [4.69, 9.17) is 0 Å². The van der Waals surface area contributed by atoms with Crippen molar-refractivity contribution in [3.05, 3.63) is 34.0 Å². The third kappa shape index (κ3) is 1.56. The number of aromatic nitrogens is 3. The van der Waals surface area contributed by atoms with E-state index in [-0.39, 0.29) is 0 Å². The van der Waals surface area contributed by atoms with Gasteiger partial charge in [0.05, 0.1) is 0 Å². The maximum atomic E-state index is 9.96. The van der Waals surface area contributed by atoms with Crippen LogP contribution in [0, 0.1) is 6.92 Å². The van der Waals surface area contributed by atoms with Gasteiger partial charge in [-0.3, -0.25) is 4.68 Å². The summed E-state index contributed by atoms with van der Waals surface area (Å²) < 4.78 is 1.58. The molecule has 0 aliphatic rings. The van der Waals surface area contributed by atoms with Crippen LogP contribution in [0.2, 0.25) is 0 Å².